The Morgan fingerprint density at radius 3 is 2.57 bits per heavy atom. The van der Waals surface area contributed by atoms with Gasteiger partial charge in [-0.2, -0.15) is 5.10 Å². The molecule has 1 aromatic heterocycles. The van der Waals surface area contributed by atoms with Gasteiger partial charge >= 0.3 is 0 Å². The van der Waals surface area contributed by atoms with Crippen molar-refractivity contribution >= 4 is 0 Å². The van der Waals surface area contributed by atoms with E-state index in [0.29, 0.717) is 5.92 Å². The molecule has 0 atom stereocenters. The van der Waals surface area contributed by atoms with E-state index in [1.54, 1.807) is 5.56 Å². The minimum absolute atomic E-state index is 0.572. The minimum atomic E-state index is 0.572. The van der Waals surface area contributed by atoms with Crippen molar-refractivity contribution in [1.29, 1.82) is 0 Å². The van der Waals surface area contributed by atoms with Crippen LogP contribution in [0.3, 0.4) is 0 Å². The molecule has 1 aliphatic rings. The van der Waals surface area contributed by atoms with Crippen molar-refractivity contribution in [3.63, 3.8) is 0 Å². The first-order valence-corrected chi connectivity index (χ1v) is 5.74. The topological polar surface area (TPSA) is 17.8 Å². The number of aryl methyl sites for hydroxylation is 1. The Balaban J connectivity index is 2.44. The summed E-state index contributed by atoms with van der Waals surface area (Å²) in [5.74, 6) is 0.572. The van der Waals surface area contributed by atoms with Crippen molar-refractivity contribution in [1.82, 2.24) is 9.78 Å². The molecule has 0 N–H and O–H groups in total. The van der Waals surface area contributed by atoms with Crippen LogP contribution in [0.25, 0.3) is 0 Å². The van der Waals surface area contributed by atoms with Gasteiger partial charge in [-0.1, -0.05) is 20.3 Å². The third-order valence-electron chi connectivity index (χ3n) is 3.19. The van der Waals surface area contributed by atoms with Crippen molar-refractivity contribution in [2.75, 3.05) is 0 Å². The zero-order valence-electron chi connectivity index (χ0n) is 9.51. The highest BCUT2D eigenvalue weighted by Crippen LogP contribution is 2.27. The molecule has 2 heteroatoms. The first kappa shape index (κ1) is 9.75. The van der Waals surface area contributed by atoms with Gasteiger partial charge < -0.3 is 0 Å². The summed E-state index contributed by atoms with van der Waals surface area (Å²) in [4.78, 5) is 0. The van der Waals surface area contributed by atoms with Crippen molar-refractivity contribution in [3.05, 3.63) is 17.0 Å². The summed E-state index contributed by atoms with van der Waals surface area (Å²) < 4.78 is 2.11. The predicted molar refractivity (Wildman–Crippen MR) is 58.6 cm³/mol. The van der Waals surface area contributed by atoms with Gasteiger partial charge in [0.15, 0.2) is 0 Å². The molecule has 0 fully saturated rings. The van der Waals surface area contributed by atoms with Gasteiger partial charge in [0.05, 0.1) is 5.69 Å². The van der Waals surface area contributed by atoms with E-state index < -0.39 is 0 Å². The average molecular weight is 192 g/mol. The van der Waals surface area contributed by atoms with E-state index >= 15 is 0 Å². The van der Waals surface area contributed by atoms with Crippen molar-refractivity contribution < 1.29 is 0 Å². The van der Waals surface area contributed by atoms with Gasteiger partial charge in [-0.25, -0.2) is 0 Å². The van der Waals surface area contributed by atoms with Gasteiger partial charge in [0.1, 0.15) is 0 Å². The molecule has 78 valence electrons. The average Bonchev–Trinajstić information content (AvgIpc) is 2.38. The number of hydrogen-bond donors (Lipinski definition) is 0. The fourth-order valence-corrected chi connectivity index (χ4v) is 2.45. The van der Waals surface area contributed by atoms with E-state index in [-0.39, 0.29) is 0 Å². The molecule has 14 heavy (non-hydrogen) atoms. The lowest BCUT2D eigenvalue weighted by Crippen LogP contribution is -1.98. The van der Waals surface area contributed by atoms with E-state index in [4.69, 9.17) is 0 Å². The van der Waals surface area contributed by atoms with E-state index in [2.05, 4.69) is 30.7 Å². The van der Waals surface area contributed by atoms with Crippen molar-refractivity contribution in [3.8, 4) is 0 Å². The minimum Gasteiger partial charge on any atom is -0.272 e. The molecule has 0 amide bonds. The number of rotatable bonds is 1. The zero-order valence-corrected chi connectivity index (χ0v) is 9.51. The first-order chi connectivity index (χ1) is 6.70. The monoisotopic (exact) mass is 192 g/mol. The van der Waals surface area contributed by atoms with Gasteiger partial charge in [0.25, 0.3) is 0 Å². The SMILES string of the molecule is CC(C)c1nn(C)c2c1CCCCC2. The van der Waals surface area contributed by atoms with Crippen LogP contribution in [0.1, 0.15) is 56.0 Å². The molecule has 0 saturated carbocycles. The van der Waals surface area contributed by atoms with Crippen LogP contribution in [-0.4, -0.2) is 9.78 Å². The van der Waals surface area contributed by atoms with E-state index in [0.717, 1.165) is 0 Å². The van der Waals surface area contributed by atoms with Crippen LogP contribution in [0.4, 0.5) is 0 Å². The molecule has 0 bridgehead atoms. The summed E-state index contributed by atoms with van der Waals surface area (Å²) in [5, 5.41) is 4.65. The summed E-state index contributed by atoms with van der Waals surface area (Å²) in [5.41, 5.74) is 4.38. The van der Waals surface area contributed by atoms with Crippen molar-refractivity contribution in [2.45, 2.75) is 51.9 Å². The van der Waals surface area contributed by atoms with Crippen molar-refractivity contribution in [2.24, 2.45) is 7.05 Å². The van der Waals surface area contributed by atoms with Crippen LogP contribution in [0, 0.1) is 0 Å². The lowest BCUT2D eigenvalue weighted by Gasteiger charge is -2.04. The zero-order chi connectivity index (χ0) is 10.1. The quantitative estimate of drug-likeness (QED) is 0.626. The Morgan fingerprint density at radius 2 is 1.86 bits per heavy atom. The molecule has 0 radical (unpaired) electrons. The molecule has 2 rings (SSSR count). The number of fused-ring (bicyclic) bond motifs is 1. The smallest absolute Gasteiger partial charge is 0.0684 e. The maximum Gasteiger partial charge on any atom is 0.0684 e. The molecule has 0 spiro atoms. The largest absolute Gasteiger partial charge is 0.272 e. The second-order valence-electron chi connectivity index (χ2n) is 4.65. The van der Waals surface area contributed by atoms with Gasteiger partial charge in [-0.3, -0.25) is 4.68 Å². The van der Waals surface area contributed by atoms with E-state index in [9.17, 15) is 0 Å². The highest BCUT2D eigenvalue weighted by molar-refractivity contribution is 5.29. The molecule has 1 aromatic rings. The molecule has 0 unspecified atom stereocenters. The second kappa shape index (κ2) is 3.76. The molecule has 0 saturated heterocycles. The Morgan fingerprint density at radius 1 is 1.14 bits per heavy atom. The van der Waals surface area contributed by atoms with E-state index in [1.165, 1.54) is 43.5 Å². The lowest BCUT2D eigenvalue weighted by molar-refractivity contribution is 0.643. The Kier molecular flexibility index (Phi) is 2.62. The maximum atomic E-state index is 4.65. The van der Waals surface area contributed by atoms with Crippen LogP contribution in [0.2, 0.25) is 0 Å². The highest BCUT2D eigenvalue weighted by atomic mass is 15.3. The number of hydrogen-bond acceptors (Lipinski definition) is 1. The first-order valence-electron chi connectivity index (χ1n) is 5.74. The van der Waals surface area contributed by atoms with E-state index in [1.807, 2.05) is 0 Å². The second-order valence-corrected chi connectivity index (χ2v) is 4.65. The standard InChI is InChI=1S/C12H20N2/c1-9(2)12-10-7-5-4-6-8-11(10)14(3)13-12/h9H,4-8H2,1-3H3. The summed E-state index contributed by atoms with van der Waals surface area (Å²) >= 11 is 0. The van der Waals surface area contributed by atoms with Crippen LogP contribution >= 0.6 is 0 Å². The van der Waals surface area contributed by atoms with Crippen LogP contribution < -0.4 is 0 Å². The fourth-order valence-electron chi connectivity index (χ4n) is 2.45. The van der Waals surface area contributed by atoms with Gasteiger partial charge in [-0.15, -0.1) is 0 Å². The Bertz CT molecular complexity index is 323. The Hall–Kier alpha value is -0.790. The lowest BCUT2D eigenvalue weighted by atomic mass is 10.0. The fraction of sp³-hybridized carbons (Fsp3) is 0.750. The van der Waals surface area contributed by atoms with Gasteiger partial charge in [-0.05, 0) is 37.2 Å². The van der Waals surface area contributed by atoms with Gasteiger partial charge in [0, 0.05) is 12.7 Å². The normalized spacial score (nSPS) is 16.9. The highest BCUT2D eigenvalue weighted by Gasteiger charge is 2.19. The van der Waals surface area contributed by atoms with Crippen LogP contribution in [-0.2, 0) is 19.9 Å². The molecule has 0 aliphatic heterocycles. The van der Waals surface area contributed by atoms with Crippen LogP contribution in [0.15, 0.2) is 0 Å². The molecular weight excluding hydrogens is 172 g/mol. The maximum absolute atomic E-state index is 4.65. The summed E-state index contributed by atoms with van der Waals surface area (Å²) in [6.45, 7) is 4.49. The summed E-state index contributed by atoms with van der Waals surface area (Å²) in [6, 6.07) is 0. The number of nitrogens with zero attached hydrogens (tertiary/aromatic N) is 2. The predicted octanol–water partition coefficient (Wildman–Crippen LogP) is 2.81. The molecule has 1 aliphatic carbocycles. The molecule has 2 nitrogen and oxygen atoms in total. The Labute approximate surface area is 86.3 Å². The third-order valence-corrected chi connectivity index (χ3v) is 3.19. The van der Waals surface area contributed by atoms with Gasteiger partial charge in [0.2, 0.25) is 0 Å². The molecule has 1 heterocycles. The third kappa shape index (κ3) is 1.58. The molecular formula is C12H20N2. The molecule has 0 aromatic carbocycles. The summed E-state index contributed by atoms with van der Waals surface area (Å²) in [6.07, 6.45) is 6.54. The van der Waals surface area contributed by atoms with Crippen LogP contribution in [0.5, 0.6) is 0 Å². The summed E-state index contributed by atoms with van der Waals surface area (Å²) in [7, 11) is 2.09. The number of aromatic nitrogens is 2.